The predicted molar refractivity (Wildman–Crippen MR) is 126 cm³/mol. The van der Waals surface area contributed by atoms with Crippen LogP contribution in [0.5, 0.6) is 5.19 Å². The molecule has 1 saturated heterocycles. The molecule has 1 aliphatic heterocycles. The van der Waals surface area contributed by atoms with E-state index in [1.165, 1.54) is 11.3 Å². The Hall–Kier alpha value is -3.00. The van der Waals surface area contributed by atoms with Gasteiger partial charge in [-0.25, -0.2) is 4.98 Å². The Labute approximate surface area is 194 Å². The molecule has 0 bridgehead atoms. The number of carbonyl (C=O) groups is 1. The molecule has 1 fully saturated rings. The summed E-state index contributed by atoms with van der Waals surface area (Å²) in [6.45, 7) is 1.51. The van der Waals surface area contributed by atoms with Crippen LogP contribution in [0, 0.1) is 0 Å². The molecular weight excluding hydrogens is 444 g/mol. The van der Waals surface area contributed by atoms with E-state index in [4.69, 9.17) is 16.3 Å². The van der Waals surface area contributed by atoms with E-state index in [9.17, 15) is 4.79 Å². The third-order valence-corrected chi connectivity index (χ3v) is 6.89. The number of ether oxygens (including phenoxy) is 1. The van der Waals surface area contributed by atoms with Crippen LogP contribution in [-0.4, -0.2) is 34.2 Å². The number of hydrogen-bond donors (Lipinski definition) is 2. The normalized spacial score (nSPS) is 15.4. The number of nitrogens with one attached hydrogen (secondary N) is 2. The Kier molecular flexibility index (Phi) is 5.78. The maximum absolute atomic E-state index is 13.5. The van der Waals surface area contributed by atoms with Gasteiger partial charge >= 0.3 is 5.97 Å². The van der Waals surface area contributed by atoms with Gasteiger partial charge in [-0.15, -0.1) is 0 Å². The molecule has 2 N–H and O–H groups in total. The lowest BCUT2D eigenvalue weighted by Gasteiger charge is -2.35. The number of aromatic amines is 1. The van der Waals surface area contributed by atoms with Crippen molar-refractivity contribution in [2.75, 3.05) is 13.1 Å². The molecule has 0 aliphatic carbocycles. The number of carbonyl (C=O) groups excluding carboxylic acids is 1. The first-order chi connectivity index (χ1) is 15.6. The number of benzene rings is 2. The Balaban J connectivity index is 1.40. The monoisotopic (exact) mass is 464 g/mol. The largest absolute Gasteiger partial charge is 0.397 e. The molecule has 0 amide bonds. The lowest BCUT2D eigenvalue weighted by Crippen LogP contribution is -2.47. The fourth-order valence-corrected chi connectivity index (χ4v) is 4.89. The second-order valence-electron chi connectivity index (χ2n) is 7.79. The molecule has 8 heteroatoms. The molecule has 0 saturated carbocycles. The SMILES string of the molecule is O=C(Oc1nc(-c2ccc(Cl)cc2)cs1)C1(c2ccc(-c3cn[nH]c3)cc2)CCNCC1. The van der Waals surface area contributed by atoms with Gasteiger partial charge in [-0.05, 0) is 49.2 Å². The maximum Gasteiger partial charge on any atom is 0.323 e. The van der Waals surface area contributed by atoms with Crippen molar-refractivity contribution in [3.8, 4) is 27.6 Å². The lowest BCUT2D eigenvalue weighted by molar-refractivity contribution is -0.142. The van der Waals surface area contributed by atoms with E-state index in [0.717, 1.165) is 41.0 Å². The van der Waals surface area contributed by atoms with E-state index in [1.54, 1.807) is 6.20 Å². The highest BCUT2D eigenvalue weighted by Crippen LogP contribution is 2.37. The Morgan fingerprint density at radius 2 is 1.72 bits per heavy atom. The van der Waals surface area contributed by atoms with Crippen LogP contribution in [0.2, 0.25) is 5.02 Å². The number of hydrogen-bond acceptors (Lipinski definition) is 6. The number of nitrogens with zero attached hydrogens (tertiary/aromatic N) is 2. The summed E-state index contributed by atoms with van der Waals surface area (Å²) >= 11 is 7.30. The van der Waals surface area contributed by atoms with Gasteiger partial charge in [0.2, 0.25) is 0 Å². The minimum atomic E-state index is -0.702. The van der Waals surface area contributed by atoms with Gasteiger partial charge in [-0.1, -0.05) is 59.3 Å². The highest BCUT2D eigenvalue weighted by Gasteiger charge is 2.43. The molecule has 0 atom stereocenters. The van der Waals surface area contributed by atoms with Crippen molar-refractivity contribution in [2.45, 2.75) is 18.3 Å². The van der Waals surface area contributed by atoms with E-state index >= 15 is 0 Å². The molecule has 32 heavy (non-hydrogen) atoms. The molecule has 4 aromatic rings. The van der Waals surface area contributed by atoms with Crippen molar-refractivity contribution < 1.29 is 9.53 Å². The van der Waals surface area contributed by atoms with Crippen LogP contribution in [-0.2, 0) is 10.2 Å². The van der Waals surface area contributed by atoms with Crippen LogP contribution < -0.4 is 10.1 Å². The van der Waals surface area contributed by atoms with Crippen molar-refractivity contribution in [1.29, 1.82) is 0 Å². The van der Waals surface area contributed by atoms with Crippen molar-refractivity contribution in [2.24, 2.45) is 0 Å². The summed E-state index contributed by atoms with van der Waals surface area (Å²) in [5, 5.41) is 13.1. The molecule has 2 aromatic carbocycles. The first-order valence-corrected chi connectivity index (χ1v) is 11.6. The summed E-state index contributed by atoms with van der Waals surface area (Å²) in [7, 11) is 0. The van der Waals surface area contributed by atoms with Gasteiger partial charge in [0.25, 0.3) is 5.19 Å². The first-order valence-electron chi connectivity index (χ1n) is 10.4. The summed E-state index contributed by atoms with van der Waals surface area (Å²) in [6.07, 6.45) is 4.98. The zero-order valence-corrected chi connectivity index (χ0v) is 18.7. The molecular formula is C24H21ClN4O2S. The second kappa shape index (κ2) is 8.86. The van der Waals surface area contributed by atoms with Crippen LogP contribution >= 0.6 is 22.9 Å². The number of thiazole rings is 1. The van der Waals surface area contributed by atoms with Crippen LogP contribution in [0.3, 0.4) is 0 Å². The number of rotatable bonds is 5. The molecule has 5 rings (SSSR count). The number of halogens is 1. The lowest BCUT2D eigenvalue weighted by atomic mass is 9.73. The average Bonchev–Trinajstić information content (AvgIpc) is 3.53. The van der Waals surface area contributed by atoms with Gasteiger partial charge < -0.3 is 10.1 Å². The van der Waals surface area contributed by atoms with E-state index < -0.39 is 5.41 Å². The summed E-state index contributed by atoms with van der Waals surface area (Å²) in [4.78, 5) is 18.0. The third kappa shape index (κ3) is 4.07. The molecule has 1 aliphatic rings. The summed E-state index contributed by atoms with van der Waals surface area (Å²) in [6, 6.07) is 15.5. The van der Waals surface area contributed by atoms with Gasteiger partial charge in [0.15, 0.2) is 0 Å². The van der Waals surface area contributed by atoms with Gasteiger partial charge in [0.05, 0.1) is 17.3 Å². The van der Waals surface area contributed by atoms with E-state index in [-0.39, 0.29) is 5.97 Å². The smallest absolute Gasteiger partial charge is 0.323 e. The number of esters is 1. The standard InChI is InChI=1S/C24H21ClN4O2S/c25-20-7-3-17(4-8-20)21-15-32-23(29-21)31-22(30)24(9-11-26-12-10-24)19-5-1-16(2-6-19)18-13-27-28-14-18/h1-8,13-15,26H,9-12H2,(H,27,28). The third-order valence-electron chi connectivity index (χ3n) is 5.92. The minimum Gasteiger partial charge on any atom is -0.397 e. The van der Waals surface area contributed by atoms with Gasteiger partial charge in [-0.3, -0.25) is 9.89 Å². The fraction of sp³-hybridized carbons (Fsp3) is 0.208. The highest BCUT2D eigenvalue weighted by atomic mass is 35.5. The molecule has 2 aromatic heterocycles. The van der Waals surface area contributed by atoms with Crippen molar-refractivity contribution in [3.63, 3.8) is 0 Å². The number of piperidine rings is 1. The number of aromatic nitrogens is 3. The maximum atomic E-state index is 13.5. The zero-order valence-electron chi connectivity index (χ0n) is 17.2. The molecule has 162 valence electrons. The zero-order chi connectivity index (χ0) is 22.0. The number of H-pyrrole nitrogens is 1. The Bertz CT molecular complexity index is 1200. The molecule has 3 heterocycles. The summed E-state index contributed by atoms with van der Waals surface area (Å²) in [5.74, 6) is -0.257. The predicted octanol–water partition coefficient (Wildman–Crippen LogP) is 5.08. The molecule has 0 radical (unpaired) electrons. The van der Waals surface area contributed by atoms with Crippen LogP contribution in [0.4, 0.5) is 0 Å². The van der Waals surface area contributed by atoms with E-state index in [1.807, 2.05) is 60.1 Å². The second-order valence-corrected chi connectivity index (χ2v) is 9.05. The van der Waals surface area contributed by atoms with Crippen LogP contribution in [0.15, 0.2) is 66.3 Å². The summed E-state index contributed by atoms with van der Waals surface area (Å²) < 4.78 is 5.84. The van der Waals surface area contributed by atoms with Crippen molar-refractivity contribution in [3.05, 3.63) is 76.9 Å². The molecule has 6 nitrogen and oxygen atoms in total. The quantitative estimate of drug-likeness (QED) is 0.402. The Morgan fingerprint density at radius 3 is 2.41 bits per heavy atom. The minimum absolute atomic E-state index is 0.257. The van der Waals surface area contributed by atoms with Crippen LogP contribution in [0.1, 0.15) is 18.4 Å². The van der Waals surface area contributed by atoms with Crippen molar-refractivity contribution in [1.82, 2.24) is 20.5 Å². The van der Waals surface area contributed by atoms with E-state index in [2.05, 4.69) is 20.5 Å². The average molecular weight is 465 g/mol. The summed E-state index contributed by atoms with van der Waals surface area (Å²) in [5.41, 5.74) is 4.01. The van der Waals surface area contributed by atoms with E-state index in [0.29, 0.717) is 23.1 Å². The Morgan fingerprint density at radius 1 is 1.00 bits per heavy atom. The topological polar surface area (TPSA) is 79.9 Å². The fourth-order valence-electron chi connectivity index (χ4n) is 4.09. The van der Waals surface area contributed by atoms with Crippen LogP contribution in [0.25, 0.3) is 22.4 Å². The van der Waals surface area contributed by atoms with Gasteiger partial charge in [-0.2, -0.15) is 5.10 Å². The van der Waals surface area contributed by atoms with Gasteiger partial charge in [0.1, 0.15) is 0 Å². The molecule has 0 unspecified atom stereocenters. The van der Waals surface area contributed by atoms with Crippen molar-refractivity contribution >= 4 is 28.9 Å². The van der Waals surface area contributed by atoms with Gasteiger partial charge in [0, 0.05) is 27.7 Å². The molecule has 0 spiro atoms. The first kappa shape index (κ1) is 20.9. The highest BCUT2D eigenvalue weighted by molar-refractivity contribution is 7.11.